The summed E-state index contributed by atoms with van der Waals surface area (Å²) in [5.74, 6) is 0.188. The van der Waals surface area contributed by atoms with Crippen LogP contribution in [0.25, 0.3) is 5.69 Å². The Morgan fingerprint density at radius 1 is 1.36 bits per heavy atom. The molecule has 25 heavy (non-hydrogen) atoms. The highest BCUT2D eigenvalue weighted by molar-refractivity contribution is 8.02. The van der Waals surface area contributed by atoms with Crippen molar-refractivity contribution >= 4 is 34.8 Å². The first-order chi connectivity index (χ1) is 12.1. The zero-order valence-electron chi connectivity index (χ0n) is 13.7. The number of anilines is 1. The summed E-state index contributed by atoms with van der Waals surface area (Å²) in [5.41, 5.74) is 0.473. The van der Waals surface area contributed by atoms with Gasteiger partial charge in [0.05, 0.1) is 10.9 Å². The molecule has 0 bridgehead atoms. The summed E-state index contributed by atoms with van der Waals surface area (Å²) in [6.45, 7) is 3.81. The van der Waals surface area contributed by atoms with E-state index in [1.165, 1.54) is 33.8 Å². The first kappa shape index (κ1) is 17.4. The number of carbonyl (C=O) groups excluding carboxylic acids is 1. The summed E-state index contributed by atoms with van der Waals surface area (Å²) in [6.07, 6.45) is 0.638. The maximum atomic E-state index is 12.5. The van der Waals surface area contributed by atoms with E-state index in [1.54, 1.807) is 0 Å². The minimum atomic E-state index is -0.309. The van der Waals surface area contributed by atoms with Crippen molar-refractivity contribution in [2.24, 2.45) is 0 Å². The Kier molecular flexibility index (Phi) is 5.34. The third kappa shape index (κ3) is 4.18. The number of aromatic nitrogens is 4. The van der Waals surface area contributed by atoms with Crippen LogP contribution in [0.1, 0.15) is 18.4 Å². The van der Waals surface area contributed by atoms with E-state index in [-0.39, 0.29) is 16.7 Å². The topological polar surface area (TPSA) is 92.7 Å². The molecule has 0 radical (unpaired) electrons. The predicted octanol–water partition coefficient (Wildman–Crippen LogP) is 2.83. The van der Waals surface area contributed by atoms with Crippen LogP contribution in [-0.4, -0.2) is 31.1 Å². The van der Waals surface area contributed by atoms with Crippen LogP contribution in [-0.2, 0) is 4.79 Å². The maximum absolute atomic E-state index is 12.5. The molecule has 0 spiro atoms. The molecule has 1 aromatic carbocycles. The van der Waals surface area contributed by atoms with Gasteiger partial charge in [0.1, 0.15) is 10.8 Å². The van der Waals surface area contributed by atoms with Crippen molar-refractivity contribution in [1.29, 1.82) is 0 Å². The van der Waals surface area contributed by atoms with Gasteiger partial charge in [-0.3, -0.25) is 14.7 Å². The average molecular weight is 375 g/mol. The number of nitrogens with zero attached hydrogens (tertiary/aromatic N) is 3. The first-order valence-corrected chi connectivity index (χ1v) is 9.41. The fourth-order valence-electron chi connectivity index (χ4n) is 2.21. The first-order valence-electron chi connectivity index (χ1n) is 7.72. The van der Waals surface area contributed by atoms with Crippen LogP contribution >= 0.6 is 23.1 Å². The molecule has 9 heteroatoms. The van der Waals surface area contributed by atoms with E-state index in [9.17, 15) is 9.59 Å². The molecule has 2 N–H and O–H groups in total. The van der Waals surface area contributed by atoms with Gasteiger partial charge in [-0.05, 0) is 25.5 Å². The summed E-state index contributed by atoms with van der Waals surface area (Å²) in [4.78, 5) is 24.6. The summed E-state index contributed by atoms with van der Waals surface area (Å²) in [7, 11) is 0. The highest BCUT2D eigenvalue weighted by Gasteiger charge is 2.21. The number of carbonyl (C=O) groups is 1. The Labute approximate surface area is 152 Å². The predicted molar refractivity (Wildman–Crippen MR) is 99.6 cm³/mol. The normalized spacial score (nSPS) is 12.1. The Hall–Kier alpha value is -2.39. The number of H-pyrrole nitrogens is 1. The zero-order valence-corrected chi connectivity index (χ0v) is 15.4. The Bertz CT molecular complexity index is 916. The van der Waals surface area contributed by atoms with E-state index in [0.717, 1.165) is 9.35 Å². The number of thioether (sulfide) groups is 1. The number of aromatic amines is 1. The summed E-state index contributed by atoms with van der Waals surface area (Å²) in [5, 5.41) is 14.2. The number of para-hydroxylation sites is 1. The van der Waals surface area contributed by atoms with Gasteiger partial charge in [-0.1, -0.05) is 48.2 Å². The molecule has 130 valence electrons. The zero-order chi connectivity index (χ0) is 17.8. The molecule has 0 fully saturated rings. The largest absolute Gasteiger partial charge is 0.310 e. The van der Waals surface area contributed by atoms with E-state index in [4.69, 9.17) is 0 Å². The van der Waals surface area contributed by atoms with Crippen molar-refractivity contribution in [3.63, 3.8) is 0 Å². The standard InChI is InChI=1S/C16H17N5O2S2/c1-3-12(25-16-19-18-10(2)24-16)15(23)17-13-9-14(22)21(20-13)11-7-5-4-6-8-11/h4-9,12,20H,3H2,1-2H3,(H,17,23). The number of aryl methyl sites for hydroxylation is 1. The highest BCUT2D eigenvalue weighted by Crippen LogP contribution is 2.28. The van der Waals surface area contributed by atoms with E-state index >= 15 is 0 Å². The third-order valence-corrected chi connectivity index (χ3v) is 5.69. The fourth-order valence-corrected chi connectivity index (χ4v) is 4.19. The molecule has 2 heterocycles. The fraction of sp³-hybridized carbons (Fsp3) is 0.250. The third-order valence-electron chi connectivity index (χ3n) is 3.41. The smallest absolute Gasteiger partial charge is 0.273 e. The van der Waals surface area contributed by atoms with E-state index in [1.807, 2.05) is 44.2 Å². The molecule has 3 rings (SSSR count). The number of hydrogen-bond acceptors (Lipinski definition) is 6. The number of nitrogens with one attached hydrogen (secondary N) is 2. The Morgan fingerprint density at radius 2 is 2.12 bits per heavy atom. The molecule has 0 saturated heterocycles. The van der Waals surface area contributed by atoms with Crippen LogP contribution in [0.15, 0.2) is 45.5 Å². The van der Waals surface area contributed by atoms with Crippen molar-refractivity contribution < 1.29 is 4.79 Å². The molecule has 0 aliphatic carbocycles. The summed E-state index contributed by atoms with van der Waals surface area (Å²) >= 11 is 2.84. The molecular formula is C16H17N5O2S2. The van der Waals surface area contributed by atoms with Gasteiger partial charge in [0.15, 0.2) is 4.34 Å². The Balaban J connectivity index is 1.73. The quantitative estimate of drug-likeness (QED) is 0.646. The van der Waals surface area contributed by atoms with Gasteiger partial charge in [-0.25, -0.2) is 4.68 Å². The number of benzene rings is 1. The number of rotatable bonds is 6. The van der Waals surface area contributed by atoms with Gasteiger partial charge in [-0.2, -0.15) is 0 Å². The lowest BCUT2D eigenvalue weighted by molar-refractivity contribution is -0.115. The van der Waals surface area contributed by atoms with Gasteiger partial charge in [0.25, 0.3) is 5.56 Å². The summed E-state index contributed by atoms with van der Waals surface area (Å²) in [6, 6.07) is 10.6. The van der Waals surface area contributed by atoms with Gasteiger partial charge in [0, 0.05) is 6.07 Å². The Morgan fingerprint density at radius 3 is 2.76 bits per heavy atom. The lowest BCUT2D eigenvalue weighted by atomic mass is 10.3. The summed E-state index contributed by atoms with van der Waals surface area (Å²) < 4.78 is 2.15. The van der Waals surface area contributed by atoms with Crippen LogP contribution in [0.5, 0.6) is 0 Å². The van der Waals surface area contributed by atoms with Gasteiger partial charge >= 0.3 is 0 Å². The van der Waals surface area contributed by atoms with E-state index < -0.39 is 0 Å². The SMILES string of the molecule is CCC(Sc1nnc(C)s1)C(=O)Nc1cc(=O)n(-c2ccccc2)[nH]1. The molecule has 0 saturated carbocycles. The van der Waals surface area contributed by atoms with Crippen LogP contribution in [0.4, 0.5) is 5.82 Å². The molecule has 1 amide bonds. The van der Waals surface area contributed by atoms with E-state index in [0.29, 0.717) is 17.9 Å². The van der Waals surface area contributed by atoms with Crippen molar-refractivity contribution in [1.82, 2.24) is 20.0 Å². The number of amides is 1. The van der Waals surface area contributed by atoms with Crippen LogP contribution < -0.4 is 10.9 Å². The van der Waals surface area contributed by atoms with Gasteiger partial charge in [0.2, 0.25) is 5.91 Å². The second-order valence-corrected chi connectivity index (χ2v) is 7.90. The van der Waals surface area contributed by atoms with Crippen molar-refractivity contribution in [2.45, 2.75) is 29.9 Å². The van der Waals surface area contributed by atoms with Crippen molar-refractivity contribution in [3.05, 3.63) is 51.8 Å². The molecule has 0 aliphatic heterocycles. The van der Waals surface area contributed by atoms with Crippen LogP contribution in [0.3, 0.4) is 0 Å². The molecule has 1 unspecified atom stereocenters. The van der Waals surface area contributed by atoms with Gasteiger partial charge < -0.3 is 5.32 Å². The monoisotopic (exact) mass is 375 g/mol. The van der Waals surface area contributed by atoms with Crippen LogP contribution in [0.2, 0.25) is 0 Å². The lowest BCUT2D eigenvalue weighted by Crippen LogP contribution is -2.24. The molecule has 1 atom stereocenters. The van der Waals surface area contributed by atoms with Crippen molar-refractivity contribution in [3.8, 4) is 5.69 Å². The minimum absolute atomic E-state index is 0.179. The molecular weight excluding hydrogens is 358 g/mol. The molecule has 0 aliphatic rings. The second-order valence-electron chi connectivity index (χ2n) is 5.27. The average Bonchev–Trinajstić information content (AvgIpc) is 3.18. The minimum Gasteiger partial charge on any atom is -0.310 e. The second kappa shape index (κ2) is 7.66. The molecule has 3 aromatic rings. The maximum Gasteiger partial charge on any atom is 0.273 e. The molecule has 2 aromatic heterocycles. The number of hydrogen-bond donors (Lipinski definition) is 2. The molecule has 7 nitrogen and oxygen atoms in total. The lowest BCUT2D eigenvalue weighted by Gasteiger charge is -2.11. The highest BCUT2D eigenvalue weighted by atomic mass is 32.2. The van der Waals surface area contributed by atoms with Gasteiger partial charge in [-0.15, -0.1) is 10.2 Å². The van der Waals surface area contributed by atoms with Crippen LogP contribution in [0, 0.1) is 6.92 Å². The van der Waals surface area contributed by atoms with Crippen molar-refractivity contribution in [2.75, 3.05) is 5.32 Å². The van der Waals surface area contributed by atoms with E-state index in [2.05, 4.69) is 20.6 Å².